The fraction of sp³-hybridized carbons (Fsp3) is 0.917. The molecular weight excluding hydrogens is 352 g/mol. The zero-order valence-electron chi connectivity index (χ0n) is 18.4. The van der Waals surface area contributed by atoms with Gasteiger partial charge in [0.05, 0.1) is 13.0 Å². The largest absolute Gasteiger partial charge is 0.469 e. The molecule has 3 aliphatic rings. The lowest BCUT2D eigenvalue weighted by molar-refractivity contribution is -0.157. The number of carbonyl (C=O) groups excluding carboxylic acids is 2. The maximum atomic E-state index is 12.3. The van der Waals surface area contributed by atoms with Gasteiger partial charge in [-0.1, -0.05) is 51.9 Å². The molecule has 0 spiro atoms. The Morgan fingerprint density at radius 3 is 1.79 bits per heavy atom. The van der Waals surface area contributed by atoms with Crippen molar-refractivity contribution in [2.45, 2.75) is 110 Å². The lowest BCUT2D eigenvalue weighted by Gasteiger charge is -2.33. The quantitative estimate of drug-likeness (QED) is 0.543. The van der Waals surface area contributed by atoms with E-state index in [1.807, 2.05) is 0 Å². The van der Waals surface area contributed by atoms with Crippen LogP contribution in [0.1, 0.15) is 104 Å². The molecule has 0 heterocycles. The van der Waals surface area contributed by atoms with E-state index in [9.17, 15) is 9.59 Å². The van der Waals surface area contributed by atoms with Crippen LogP contribution in [-0.4, -0.2) is 25.2 Å². The number of methoxy groups -OCH3 is 1. The minimum atomic E-state index is -0.245. The van der Waals surface area contributed by atoms with E-state index in [-0.39, 0.29) is 24.0 Å². The molecule has 0 atom stereocenters. The molecule has 3 fully saturated rings. The Morgan fingerprint density at radius 2 is 1.29 bits per heavy atom. The number of carbonyl (C=O) groups is 2. The molecule has 4 nitrogen and oxygen atoms in total. The standard InChI is InChI=1S/C21H36O2.C3H6O2/c1-16-7-9-17(10-8-16)15-18-11-13-20(14-12-18)23-21(22)19-5-3-2-4-6-19;1-3(4)5-2/h16-20H,2-15H2,1H3;1-2H3. The Bertz CT molecular complexity index is 453. The van der Waals surface area contributed by atoms with Gasteiger partial charge in [-0.05, 0) is 62.7 Å². The average molecular weight is 395 g/mol. The van der Waals surface area contributed by atoms with E-state index in [1.54, 1.807) is 0 Å². The molecule has 0 aromatic heterocycles. The number of rotatable bonds is 4. The molecule has 3 saturated carbocycles. The van der Waals surface area contributed by atoms with Gasteiger partial charge in [-0.2, -0.15) is 0 Å². The minimum Gasteiger partial charge on any atom is -0.469 e. The third-order valence-electron chi connectivity index (χ3n) is 7.10. The van der Waals surface area contributed by atoms with E-state index in [0.29, 0.717) is 0 Å². The van der Waals surface area contributed by atoms with Crippen LogP contribution in [0.2, 0.25) is 0 Å². The van der Waals surface area contributed by atoms with Crippen molar-refractivity contribution in [3.63, 3.8) is 0 Å². The summed E-state index contributed by atoms with van der Waals surface area (Å²) in [5.74, 6) is 2.93. The van der Waals surface area contributed by atoms with Crippen LogP contribution >= 0.6 is 0 Å². The summed E-state index contributed by atoms with van der Waals surface area (Å²) in [7, 11) is 1.35. The summed E-state index contributed by atoms with van der Waals surface area (Å²) in [6.07, 6.45) is 18.1. The Morgan fingerprint density at radius 1 is 0.786 bits per heavy atom. The normalized spacial score (nSPS) is 31.2. The molecule has 28 heavy (non-hydrogen) atoms. The van der Waals surface area contributed by atoms with E-state index in [2.05, 4.69) is 11.7 Å². The van der Waals surface area contributed by atoms with Gasteiger partial charge < -0.3 is 9.47 Å². The van der Waals surface area contributed by atoms with Gasteiger partial charge >= 0.3 is 11.9 Å². The lowest BCUT2D eigenvalue weighted by Crippen LogP contribution is -2.29. The molecule has 0 aromatic carbocycles. The van der Waals surface area contributed by atoms with Gasteiger partial charge in [0.15, 0.2) is 0 Å². The van der Waals surface area contributed by atoms with Crippen LogP contribution in [0.3, 0.4) is 0 Å². The maximum absolute atomic E-state index is 12.3. The van der Waals surface area contributed by atoms with Crippen molar-refractivity contribution >= 4 is 11.9 Å². The fourth-order valence-electron chi connectivity index (χ4n) is 5.12. The first-order chi connectivity index (χ1) is 13.5. The molecule has 0 bridgehead atoms. The first-order valence-electron chi connectivity index (χ1n) is 11.7. The van der Waals surface area contributed by atoms with Crippen LogP contribution in [0, 0.1) is 23.7 Å². The third kappa shape index (κ3) is 8.53. The molecule has 0 N–H and O–H groups in total. The van der Waals surface area contributed by atoms with Gasteiger partial charge in [-0.25, -0.2) is 0 Å². The second-order valence-electron chi connectivity index (χ2n) is 9.47. The van der Waals surface area contributed by atoms with Crippen molar-refractivity contribution in [1.82, 2.24) is 0 Å². The van der Waals surface area contributed by atoms with Crippen molar-refractivity contribution in [2.24, 2.45) is 23.7 Å². The summed E-state index contributed by atoms with van der Waals surface area (Å²) < 4.78 is 9.96. The molecular formula is C24H42O4. The average Bonchev–Trinajstić information content (AvgIpc) is 2.72. The molecule has 162 valence electrons. The Labute approximate surface area is 172 Å². The predicted octanol–water partition coefficient (Wildman–Crippen LogP) is 6.06. The zero-order chi connectivity index (χ0) is 20.4. The Kier molecular flexibility index (Phi) is 10.4. The second-order valence-corrected chi connectivity index (χ2v) is 9.47. The number of esters is 2. The van der Waals surface area contributed by atoms with E-state index in [0.717, 1.165) is 43.4 Å². The van der Waals surface area contributed by atoms with E-state index >= 15 is 0 Å². The van der Waals surface area contributed by atoms with Crippen molar-refractivity contribution in [1.29, 1.82) is 0 Å². The summed E-state index contributed by atoms with van der Waals surface area (Å²) in [5.41, 5.74) is 0. The van der Waals surface area contributed by atoms with Crippen LogP contribution in [0.5, 0.6) is 0 Å². The number of hydrogen-bond acceptors (Lipinski definition) is 4. The topological polar surface area (TPSA) is 52.6 Å². The van der Waals surface area contributed by atoms with E-state index in [4.69, 9.17) is 4.74 Å². The summed E-state index contributed by atoms with van der Waals surface area (Å²) in [6, 6.07) is 0. The summed E-state index contributed by atoms with van der Waals surface area (Å²) in [6.45, 7) is 3.77. The first-order valence-corrected chi connectivity index (χ1v) is 11.7. The summed E-state index contributed by atoms with van der Waals surface area (Å²) in [4.78, 5) is 21.9. The van der Waals surface area contributed by atoms with Crippen LogP contribution in [0.25, 0.3) is 0 Å². The van der Waals surface area contributed by atoms with Crippen LogP contribution in [-0.2, 0) is 19.1 Å². The zero-order valence-corrected chi connectivity index (χ0v) is 18.4. The van der Waals surface area contributed by atoms with Gasteiger partial charge in [-0.3, -0.25) is 9.59 Å². The molecule has 0 aliphatic heterocycles. The first kappa shape index (κ1) is 23.2. The lowest BCUT2D eigenvalue weighted by atomic mass is 9.75. The second kappa shape index (κ2) is 12.5. The minimum absolute atomic E-state index is 0.120. The number of ether oxygens (including phenoxy) is 2. The van der Waals surface area contributed by atoms with E-state index in [1.165, 1.54) is 78.2 Å². The van der Waals surface area contributed by atoms with Crippen molar-refractivity contribution in [2.75, 3.05) is 7.11 Å². The molecule has 0 radical (unpaired) electrons. The molecule has 4 heteroatoms. The summed E-state index contributed by atoms with van der Waals surface area (Å²) in [5, 5.41) is 0. The Hall–Kier alpha value is -1.06. The molecule has 0 aromatic rings. The maximum Gasteiger partial charge on any atom is 0.309 e. The van der Waals surface area contributed by atoms with Gasteiger partial charge in [0, 0.05) is 6.92 Å². The predicted molar refractivity (Wildman–Crippen MR) is 112 cm³/mol. The Balaban J connectivity index is 0.000000500. The summed E-state index contributed by atoms with van der Waals surface area (Å²) >= 11 is 0. The van der Waals surface area contributed by atoms with Gasteiger partial charge in [0.25, 0.3) is 0 Å². The highest BCUT2D eigenvalue weighted by molar-refractivity contribution is 5.72. The molecule has 0 amide bonds. The highest BCUT2D eigenvalue weighted by Gasteiger charge is 2.29. The highest BCUT2D eigenvalue weighted by Crippen LogP contribution is 2.37. The van der Waals surface area contributed by atoms with Gasteiger partial charge in [-0.15, -0.1) is 0 Å². The third-order valence-corrected chi connectivity index (χ3v) is 7.10. The smallest absolute Gasteiger partial charge is 0.309 e. The van der Waals surface area contributed by atoms with Crippen molar-refractivity contribution in [3.8, 4) is 0 Å². The van der Waals surface area contributed by atoms with E-state index < -0.39 is 0 Å². The van der Waals surface area contributed by atoms with Gasteiger partial charge in [0.1, 0.15) is 6.10 Å². The molecule has 3 rings (SSSR count). The van der Waals surface area contributed by atoms with Crippen molar-refractivity contribution in [3.05, 3.63) is 0 Å². The molecule has 3 aliphatic carbocycles. The highest BCUT2D eigenvalue weighted by atomic mass is 16.5. The van der Waals surface area contributed by atoms with Gasteiger partial charge in [0.2, 0.25) is 0 Å². The number of hydrogen-bond donors (Lipinski definition) is 0. The van der Waals surface area contributed by atoms with Crippen molar-refractivity contribution < 1.29 is 19.1 Å². The van der Waals surface area contributed by atoms with Crippen LogP contribution < -0.4 is 0 Å². The fourth-order valence-corrected chi connectivity index (χ4v) is 5.12. The van der Waals surface area contributed by atoms with Crippen LogP contribution in [0.4, 0.5) is 0 Å². The van der Waals surface area contributed by atoms with Crippen LogP contribution in [0.15, 0.2) is 0 Å². The monoisotopic (exact) mass is 394 g/mol. The SMILES string of the molecule is CC1CCC(CC2CCC(OC(=O)C3CCCCC3)CC2)CC1.COC(C)=O. The molecule has 0 saturated heterocycles. The molecule has 0 unspecified atom stereocenters.